The van der Waals surface area contributed by atoms with Crippen molar-refractivity contribution in [2.75, 3.05) is 13.7 Å². The molecule has 6 nitrogen and oxygen atoms in total. The number of aryl methyl sites for hydroxylation is 1. The lowest BCUT2D eigenvalue weighted by atomic mass is 10.1. The van der Waals surface area contributed by atoms with Crippen LogP contribution in [0.3, 0.4) is 0 Å². The van der Waals surface area contributed by atoms with E-state index in [4.69, 9.17) is 9.15 Å². The maximum atomic E-state index is 10.0. The van der Waals surface area contributed by atoms with Crippen molar-refractivity contribution in [2.45, 2.75) is 26.9 Å². The third-order valence-electron chi connectivity index (χ3n) is 4.40. The zero-order valence-electron chi connectivity index (χ0n) is 16.3. The molecule has 1 heterocycles. The number of phenols is 1. The molecule has 0 unspecified atom stereocenters. The van der Waals surface area contributed by atoms with E-state index in [9.17, 15) is 5.11 Å². The fraction of sp³-hybridized carbons (Fsp3) is 0.286. The Bertz CT molecular complexity index is 953. The molecular weight excluding hydrogens is 469 g/mol. The molecule has 0 aliphatic heterocycles. The molecule has 0 saturated carbocycles. The van der Waals surface area contributed by atoms with Crippen LogP contribution in [0, 0.1) is 6.92 Å². The number of hydrogen-bond acceptors (Lipinski definition) is 4. The number of rotatable bonds is 6. The SMILES string of the molecule is CCNC(=NCc1cc(OC)ccc1O)NCc1oc2ccccc2c1C.I. The molecule has 0 atom stereocenters. The molecule has 1 aromatic heterocycles. The van der Waals surface area contributed by atoms with Gasteiger partial charge in [0, 0.05) is 23.1 Å². The number of ether oxygens (including phenoxy) is 1. The van der Waals surface area contributed by atoms with Crippen LogP contribution in [0.2, 0.25) is 0 Å². The summed E-state index contributed by atoms with van der Waals surface area (Å²) in [5.74, 6) is 2.42. The van der Waals surface area contributed by atoms with Crippen molar-refractivity contribution in [1.82, 2.24) is 10.6 Å². The van der Waals surface area contributed by atoms with Gasteiger partial charge in [0.25, 0.3) is 0 Å². The number of nitrogens with one attached hydrogen (secondary N) is 2. The van der Waals surface area contributed by atoms with Crippen molar-refractivity contribution in [1.29, 1.82) is 0 Å². The van der Waals surface area contributed by atoms with Crippen LogP contribution in [0.15, 0.2) is 51.9 Å². The molecule has 3 rings (SSSR count). The lowest BCUT2D eigenvalue weighted by molar-refractivity contribution is 0.411. The van der Waals surface area contributed by atoms with Crippen LogP contribution >= 0.6 is 24.0 Å². The number of aromatic hydroxyl groups is 1. The van der Waals surface area contributed by atoms with Gasteiger partial charge in [-0.3, -0.25) is 0 Å². The first kappa shape index (κ1) is 21.9. The molecule has 150 valence electrons. The largest absolute Gasteiger partial charge is 0.508 e. The molecule has 0 spiro atoms. The second-order valence-electron chi connectivity index (χ2n) is 6.19. The van der Waals surface area contributed by atoms with E-state index in [-0.39, 0.29) is 29.7 Å². The standard InChI is InChI=1S/C21H25N3O3.HI/c1-4-22-21(23-12-15-11-16(26-3)9-10-18(15)25)24-13-20-14(2)17-7-5-6-8-19(17)27-20;/h5-11,25H,4,12-13H2,1-3H3,(H2,22,23,24);1H. The first-order chi connectivity index (χ1) is 13.1. The number of nitrogens with zero attached hydrogens (tertiary/aromatic N) is 1. The van der Waals surface area contributed by atoms with E-state index in [1.54, 1.807) is 25.3 Å². The molecule has 2 aromatic carbocycles. The maximum absolute atomic E-state index is 10.0. The highest BCUT2D eigenvalue weighted by Gasteiger charge is 2.10. The summed E-state index contributed by atoms with van der Waals surface area (Å²) in [4.78, 5) is 4.56. The number of halogens is 1. The van der Waals surface area contributed by atoms with E-state index in [0.29, 0.717) is 30.4 Å². The fourth-order valence-corrected chi connectivity index (χ4v) is 2.88. The lowest BCUT2D eigenvalue weighted by Crippen LogP contribution is -2.36. The van der Waals surface area contributed by atoms with E-state index in [1.165, 1.54) is 0 Å². The van der Waals surface area contributed by atoms with Crippen molar-refractivity contribution in [3.63, 3.8) is 0 Å². The van der Waals surface area contributed by atoms with Crippen LogP contribution in [-0.4, -0.2) is 24.7 Å². The molecule has 0 radical (unpaired) electrons. The number of para-hydroxylation sites is 1. The van der Waals surface area contributed by atoms with Crippen molar-refractivity contribution in [3.05, 3.63) is 59.4 Å². The Morgan fingerprint density at radius 1 is 1.18 bits per heavy atom. The number of furan rings is 1. The predicted octanol–water partition coefficient (Wildman–Crippen LogP) is 4.33. The molecule has 28 heavy (non-hydrogen) atoms. The Hall–Kier alpha value is -2.42. The molecule has 7 heteroatoms. The van der Waals surface area contributed by atoms with Crippen molar-refractivity contribution >= 4 is 40.9 Å². The topological polar surface area (TPSA) is 79.0 Å². The number of benzene rings is 2. The monoisotopic (exact) mass is 495 g/mol. The van der Waals surface area contributed by atoms with Gasteiger partial charge in [0.05, 0.1) is 20.2 Å². The Balaban J connectivity index is 0.00000280. The smallest absolute Gasteiger partial charge is 0.191 e. The van der Waals surface area contributed by atoms with Crippen molar-refractivity contribution in [3.8, 4) is 11.5 Å². The summed E-state index contributed by atoms with van der Waals surface area (Å²) in [5.41, 5.74) is 2.71. The third-order valence-corrected chi connectivity index (χ3v) is 4.40. The molecule has 0 fully saturated rings. The predicted molar refractivity (Wildman–Crippen MR) is 123 cm³/mol. The minimum atomic E-state index is 0. The molecule has 0 amide bonds. The summed E-state index contributed by atoms with van der Waals surface area (Å²) in [7, 11) is 1.60. The normalized spacial score (nSPS) is 11.2. The van der Waals surface area contributed by atoms with Crippen molar-refractivity contribution in [2.24, 2.45) is 4.99 Å². The van der Waals surface area contributed by atoms with E-state index in [0.717, 1.165) is 28.8 Å². The second kappa shape index (κ2) is 10.2. The van der Waals surface area contributed by atoms with Gasteiger partial charge in [-0.1, -0.05) is 18.2 Å². The van der Waals surface area contributed by atoms with Crippen LogP contribution in [-0.2, 0) is 13.1 Å². The van der Waals surface area contributed by atoms with E-state index < -0.39 is 0 Å². The Morgan fingerprint density at radius 2 is 1.96 bits per heavy atom. The Kier molecular flexibility index (Phi) is 7.98. The minimum Gasteiger partial charge on any atom is -0.508 e. The summed E-state index contributed by atoms with van der Waals surface area (Å²) in [5, 5.41) is 17.6. The van der Waals surface area contributed by atoms with Crippen LogP contribution in [0.4, 0.5) is 0 Å². The van der Waals surface area contributed by atoms with Gasteiger partial charge in [-0.25, -0.2) is 4.99 Å². The third kappa shape index (κ3) is 5.09. The number of fused-ring (bicyclic) bond motifs is 1. The van der Waals surface area contributed by atoms with Gasteiger partial charge in [-0.15, -0.1) is 24.0 Å². The summed E-state index contributed by atoms with van der Waals surface area (Å²) in [6, 6.07) is 13.1. The van der Waals surface area contributed by atoms with Gasteiger partial charge >= 0.3 is 0 Å². The van der Waals surface area contributed by atoms with Crippen LogP contribution in [0.5, 0.6) is 11.5 Å². The summed E-state index contributed by atoms with van der Waals surface area (Å²) < 4.78 is 11.1. The molecule has 0 bridgehead atoms. The fourth-order valence-electron chi connectivity index (χ4n) is 2.88. The number of phenolic OH excluding ortho intramolecular Hbond substituents is 1. The van der Waals surface area contributed by atoms with Crippen LogP contribution in [0.1, 0.15) is 23.8 Å². The summed E-state index contributed by atoms with van der Waals surface area (Å²) in [6.45, 7) is 5.65. The second-order valence-corrected chi connectivity index (χ2v) is 6.19. The van der Waals surface area contributed by atoms with Gasteiger partial charge in [0.2, 0.25) is 0 Å². The van der Waals surface area contributed by atoms with Gasteiger partial charge in [0.1, 0.15) is 22.8 Å². The van der Waals surface area contributed by atoms with Crippen LogP contribution in [0.25, 0.3) is 11.0 Å². The Morgan fingerprint density at radius 3 is 2.68 bits per heavy atom. The minimum absolute atomic E-state index is 0. The number of methoxy groups -OCH3 is 1. The molecule has 0 aliphatic carbocycles. The summed E-state index contributed by atoms with van der Waals surface area (Å²) in [6.07, 6.45) is 0. The first-order valence-electron chi connectivity index (χ1n) is 8.97. The number of hydrogen-bond donors (Lipinski definition) is 3. The van der Waals surface area contributed by atoms with Crippen molar-refractivity contribution < 1.29 is 14.3 Å². The average Bonchev–Trinajstić information content (AvgIpc) is 3.01. The van der Waals surface area contributed by atoms with Gasteiger partial charge < -0.3 is 24.9 Å². The first-order valence-corrected chi connectivity index (χ1v) is 8.97. The highest BCUT2D eigenvalue weighted by Crippen LogP contribution is 2.25. The molecule has 3 N–H and O–H groups in total. The molecule has 0 aliphatic rings. The van der Waals surface area contributed by atoms with Crippen LogP contribution < -0.4 is 15.4 Å². The van der Waals surface area contributed by atoms with E-state index in [2.05, 4.69) is 28.6 Å². The zero-order chi connectivity index (χ0) is 19.2. The van der Waals surface area contributed by atoms with E-state index >= 15 is 0 Å². The summed E-state index contributed by atoms with van der Waals surface area (Å²) >= 11 is 0. The van der Waals surface area contributed by atoms with Gasteiger partial charge in [-0.05, 0) is 38.1 Å². The number of guanidine groups is 1. The van der Waals surface area contributed by atoms with Gasteiger partial charge in [-0.2, -0.15) is 0 Å². The lowest BCUT2D eigenvalue weighted by Gasteiger charge is -2.11. The zero-order valence-corrected chi connectivity index (χ0v) is 18.6. The Labute approximate surface area is 182 Å². The average molecular weight is 495 g/mol. The maximum Gasteiger partial charge on any atom is 0.191 e. The van der Waals surface area contributed by atoms with E-state index in [1.807, 2.05) is 25.1 Å². The highest BCUT2D eigenvalue weighted by atomic mass is 127. The van der Waals surface area contributed by atoms with Gasteiger partial charge in [0.15, 0.2) is 5.96 Å². The molecule has 0 saturated heterocycles. The quantitative estimate of drug-likeness (QED) is 0.270. The number of aliphatic imine (C=N–C) groups is 1. The highest BCUT2D eigenvalue weighted by molar-refractivity contribution is 14.0. The molecular formula is C21H26IN3O3. The molecule has 3 aromatic rings.